The second kappa shape index (κ2) is 4.82. The van der Waals surface area contributed by atoms with Crippen molar-refractivity contribution in [3.8, 4) is 5.75 Å². The molecule has 3 aliphatic heterocycles. The van der Waals surface area contributed by atoms with Crippen molar-refractivity contribution in [2.75, 3.05) is 19.6 Å². The van der Waals surface area contributed by atoms with Gasteiger partial charge in [0.1, 0.15) is 11.9 Å². The lowest BCUT2D eigenvalue weighted by Crippen LogP contribution is -2.52. The third kappa shape index (κ3) is 2.79. The number of nitrogens with zero attached hydrogens (tertiary/aromatic N) is 1. The molecule has 0 aromatic heterocycles. The van der Waals surface area contributed by atoms with E-state index in [4.69, 9.17) is 4.74 Å². The Kier molecular flexibility index (Phi) is 3.30. The quantitative estimate of drug-likeness (QED) is 0.806. The number of hydrogen-bond donors (Lipinski definition) is 0. The predicted molar refractivity (Wildman–Crippen MR) is 78.7 cm³/mol. The zero-order chi connectivity index (χ0) is 13.5. The van der Waals surface area contributed by atoms with Crippen molar-refractivity contribution in [2.45, 2.75) is 45.1 Å². The number of piperidine rings is 3. The highest BCUT2D eigenvalue weighted by Gasteiger charge is 2.35. The van der Waals surface area contributed by atoms with Crippen LogP contribution in [0, 0.1) is 5.92 Å². The summed E-state index contributed by atoms with van der Waals surface area (Å²) in [6, 6.07) is 8.68. The highest BCUT2D eigenvalue weighted by Crippen LogP contribution is 2.31. The molecule has 3 fully saturated rings. The summed E-state index contributed by atoms with van der Waals surface area (Å²) in [7, 11) is 0. The van der Waals surface area contributed by atoms with Gasteiger partial charge in [-0.15, -0.1) is 0 Å². The van der Waals surface area contributed by atoms with E-state index >= 15 is 0 Å². The molecular weight excluding hydrogens is 234 g/mol. The topological polar surface area (TPSA) is 12.5 Å². The smallest absolute Gasteiger partial charge is 0.119 e. The number of benzene rings is 1. The number of fused-ring (bicyclic) bond motifs is 3. The molecule has 1 aromatic rings. The Morgan fingerprint density at radius 3 is 2.16 bits per heavy atom. The van der Waals surface area contributed by atoms with Crippen LogP contribution in [0.15, 0.2) is 24.3 Å². The molecule has 19 heavy (non-hydrogen) atoms. The van der Waals surface area contributed by atoms with Crippen LogP contribution in [0.2, 0.25) is 0 Å². The zero-order valence-corrected chi connectivity index (χ0v) is 12.4. The highest BCUT2D eigenvalue weighted by atomic mass is 16.5. The minimum Gasteiger partial charge on any atom is -0.489 e. The molecule has 0 radical (unpaired) electrons. The second-order valence-corrected chi connectivity index (χ2v) is 7.07. The van der Waals surface area contributed by atoms with Gasteiger partial charge in [0, 0.05) is 6.54 Å². The summed E-state index contributed by atoms with van der Waals surface area (Å²) in [5.74, 6) is 1.80. The van der Waals surface area contributed by atoms with Gasteiger partial charge in [0.2, 0.25) is 0 Å². The first-order chi connectivity index (χ1) is 9.02. The zero-order valence-electron chi connectivity index (χ0n) is 12.4. The average molecular weight is 259 g/mol. The Morgan fingerprint density at radius 1 is 1.05 bits per heavy atom. The van der Waals surface area contributed by atoms with E-state index in [1.807, 2.05) is 0 Å². The number of ether oxygens (including phenoxy) is 1. The maximum atomic E-state index is 6.22. The Labute approximate surface area is 116 Å². The van der Waals surface area contributed by atoms with Gasteiger partial charge >= 0.3 is 0 Å². The van der Waals surface area contributed by atoms with Gasteiger partial charge in [-0.25, -0.2) is 0 Å². The van der Waals surface area contributed by atoms with E-state index in [1.165, 1.54) is 31.5 Å². The molecule has 4 rings (SSSR count). The van der Waals surface area contributed by atoms with E-state index in [2.05, 4.69) is 49.9 Å². The van der Waals surface area contributed by atoms with Gasteiger partial charge in [-0.05, 0) is 55.0 Å². The largest absolute Gasteiger partial charge is 0.489 e. The van der Waals surface area contributed by atoms with E-state index in [9.17, 15) is 0 Å². The lowest BCUT2D eigenvalue weighted by Gasteiger charge is -2.44. The van der Waals surface area contributed by atoms with Crippen molar-refractivity contribution in [2.24, 2.45) is 5.92 Å². The summed E-state index contributed by atoms with van der Waals surface area (Å²) in [5, 5.41) is 0. The summed E-state index contributed by atoms with van der Waals surface area (Å²) < 4.78 is 6.22. The fourth-order valence-corrected chi connectivity index (χ4v) is 3.25. The van der Waals surface area contributed by atoms with Gasteiger partial charge in [0.25, 0.3) is 0 Å². The fraction of sp³-hybridized carbons (Fsp3) is 0.647. The molecule has 2 bridgehead atoms. The maximum absolute atomic E-state index is 6.22. The van der Waals surface area contributed by atoms with E-state index in [-0.39, 0.29) is 5.41 Å². The standard InChI is InChI=1S/C17H25NO/c1-17(2,3)14-4-6-15(7-5-14)19-16-12-18-10-8-13(16)9-11-18/h4-7,13,16H,8-12H2,1-3H3. The van der Waals surface area contributed by atoms with E-state index in [1.54, 1.807) is 0 Å². The maximum Gasteiger partial charge on any atom is 0.119 e. The van der Waals surface area contributed by atoms with E-state index in [0.29, 0.717) is 6.10 Å². The first kappa shape index (κ1) is 13.0. The minimum absolute atomic E-state index is 0.216. The van der Waals surface area contributed by atoms with E-state index < -0.39 is 0 Å². The molecule has 0 spiro atoms. The van der Waals surface area contributed by atoms with Gasteiger partial charge in [-0.1, -0.05) is 32.9 Å². The average Bonchev–Trinajstić information content (AvgIpc) is 2.40. The van der Waals surface area contributed by atoms with E-state index in [0.717, 1.165) is 18.2 Å². The number of hydrogen-bond acceptors (Lipinski definition) is 2. The lowest BCUT2D eigenvalue weighted by molar-refractivity contribution is -0.00777. The Hall–Kier alpha value is -1.02. The molecule has 0 N–H and O–H groups in total. The van der Waals surface area contributed by atoms with Crippen LogP contribution in [-0.2, 0) is 5.41 Å². The highest BCUT2D eigenvalue weighted by molar-refractivity contribution is 5.31. The van der Waals surface area contributed by atoms with Crippen LogP contribution in [0.5, 0.6) is 5.75 Å². The molecule has 1 unspecified atom stereocenters. The Morgan fingerprint density at radius 2 is 1.68 bits per heavy atom. The summed E-state index contributed by atoms with van der Waals surface area (Å²) in [4.78, 5) is 2.54. The molecule has 0 saturated carbocycles. The normalized spacial score (nSPS) is 30.4. The molecule has 0 aliphatic carbocycles. The molecule has 0 amide bonds. The monoisotopic (exact) mass is 259 g/mol. The Balaban J connectivity index is 1.67. The predicted octanol–water partition coefficient (Wildman–Crippen LogP) is 3.46. The number of rotatable bonds is 2. The molecular formula is C17H25NO. The van der Waals surface area contributed by atoms with Crippen molar-refractivity contribution in [1.82, 2.24) is 4.90 Å². The van der Waals surface area contributed by atoms with Crippen LogP contribution < -0.4 is 4.74 Å². The third-order valence-corrected chi connectivity index (χ3v) is 4.60. The Bertz CT molecular complexity index is 424. The minimum atomic E-state index is 0.216. The van der Waals surface area contributed by atoms with Crippen LogP contribution in [0.1, 0.15) is 39.2 Å². The molecule has 3 heterocycles. The van der Waals surface area contributed by atoms with Gasteiger partial charge < -0.3 is 4.74 Å². The van der Waals surface area contributed by atoms with Gasteiger partial charge in [-0.2, -0.15) is 0 Å². The van der Waals surface area contributed by atoms with Gasteiger partial charge in [0.15, 0.2) is 0 Å². The molecule has 1 aromatic carbocycles. The summed E-state index contributed by atoms with van der Waals surface area (Å²) in [5.41, 5.74) is 1.59. The van der Waals surface area contributed by atoms with Gasteiger partial charge in [0.05, 0.1) is 0 Å². The van der Waals surface area contributed by atoms with Crippen LogP contribution in [0.3, 0.4) is 0 Å². The summed E-state index contributed by atoms with van der Waals surface area (Å²) in [6.07, 6.45) is 3.03. The van der Waals surface area contributed by atoms with Crippen molar-refractivity contribution in [3.05, 3.63) is 29.8 Å². The van der Waals surface area contributed by atoms with Crippen LogP contribution in [-0.4, -0.2) is 30.6 Å². The van der Waals surface area contributed by atoms with Crippen LogP contribution in [0.25, 0.3) is 0 Å². The van der Waals surface area contributed by atoms with Crippen molar-refractivity contribution in [1.29, 1.82) is 0 Å². The van der Waals surface area contributed by atoms with Crippen molar-refractivity contribution in [3.63, 3.8) is 0 Å². The molecule has 3 aliphatic rings. The molecule has 2 nitrogen and oxygen atoms in total. The first-order valence-electron chi connectivity index (χ1n) is 7.52. The molecule has 1 atom stereocenters. The summed E-state index contributed by atoms with van der Waals surface area (Å²) in [6.45, 7) is 10.4. The lowest BCUT2D eigenvalue weighted by atomic mass is 9.85. The van der Waals surface area contributed by atoms with Crippen molar-refractivity contribution < 1.29 is 4.74 Å². The van der Waals surface area contributed by atoms with Crippen LogP contribution in [0.4, 0.5) is 0 Å². The van der Waals surface area contributed by atoms with Crippen molar-refractivity contribution >= 4 is 0 Å². The van der Waals surface area contributed by atoms with Crippen LogP contribution >= 0.6 is 0 Å². The third-order valence-electron chi connectivity index (χ3n) is 4.60. The fourth-order valence-electron chi connectivity index (χ4n) is 3.25. The summed E-state index contributed by atoms with van der Waals surface area (Å²) >= 11 is 0. The molecule has 104 valence electrons. The SMILES string of the molecule is CC(C)(C)c1ccc(OC2CN3CCC2CC3)cc1. The second-order valence-electron chi connectivity index (χ2n) is 7.07. The van der Waals surface area contributed by atoms with Gasteiger partial charge in [-0.3, -0.25) is 4.90 Å². The molecule has 3 saturated heterocycles. The first-order valence-corrected chi connectivity index (χ1v) is 7.52. The molecule has 2 heteroatoms.